The average Bonchev–Trinajstić information content (AvgIpc) is 3.17. The smallest absolute Gasteiger partial charge is 0.256 e. The molecular formula is C18H13NO5. The summed E-state index contributed by atoms with van der Waals surface area (Å²) in [5.74, 6) is 2.35. The summed E-state index contributed by atoms with van der Waals surface area (Å²) in [6.07, 6.45) is 0. The van der Waals surface area contributed by atoms with Gasteiger partial charge in [0.15, 0.2) is 23.0 Å². The van der Waals surface area contributed by atoms with Crippen LogP contribution >= 0.6 is 0 Å². The number of hydrogen-bond donors (Lipinski definition) is 1. The molecule has 6 heteroatoms. The van der Waals surface area contributed by atoms with Crippen LogP contribution in [0.3, 0.4) is 0 Å². The van der Waals surface area contributed by atoms with E-state index in [0.29, 0.717) is 28.6 Å². The van der Waals surface area contributed by atoms with Crippen LogP contribution in [-0.4, -0.2) is 26.9 Å². The molecular weight excluding hydrogens is 310 g/mol. The maximum absolute atomic E-state index is 12.3. The molecule has 3 aromatic rings. The van der Waals surface area contributed by atoms with Gasteiger partial charge in [-0.05, 0) is 35.0 Å². The predicted molar refractivity (Wildman–Crippen MR) is 88.6 cm³/mol. The maximum Gasteiger partial charge on any atom is 0.256 e. The van der Waals surface area contributed by atoms with Gasteiger partial charge < -0.3 is 24.3 Å². The zero-order chi connectivity index (χ0) is 16.4. The summed E-state index contributed by atoms with van der Waals surface area (Å²) in [5.41, 5.74) is 1.34. The molecule has 2 aliphatic rings. The lowest BCUT2D eigenvalue weighted by Crippen LogP contribution is -2.04. The van der Waals surface area contributed by atoms with Crippen molar-refractivity contribution in [3.8, 4) is 23.0 Å². The highest BCUT2D eigenvalue weighted by molar-refractivity contribution is 6.30. The molecule has 2 aliphatic heterocycles. The molecule has 0 aromatic heterocycles. The van der Waals surface area contributed by atoms with E-state index in [-0.39, 0.29) is 12.7 Å². The highest BCUT2D eigenvalue weighted by atomic mass is 16.7. The third kappa shape index (κ3) is 1.52. The van der Waals surface area contributed by atoms with Crippen LogP contribution in [0.25, 0.3) is 21.5 Å². The van der Waals surface area contributed by atoms with Gasteiger partial charge in [0.2, 0.25) is 6.79 Å². The number of ether oxygens (including phenoxy) is 4. The van der Waals surface area contributed by atoms with E-state index in [1.165, 1.54) is 0 Å². The highest BCUT2D eigenvalue weighted by Gasteiger charge is 2.29. The number of benzene rings is 3. The minimum Gasteiger partial charge on any atom is -0.493 e. The number of carbonyl (C=O) groups is 1. The summed E-state index contributed by atoms with van der Waals surface area (Å²) in [5, 5.41) is 6.43. The van der Waals surface area contributed by atoms with Crippen LogP contribution in [0.2, 0.25) is 0 Å². The Labute approximate surface area is 136 Å². The standard InChI is InChI=1S/C18H13NO5/c1-21-14-6-10-15-11(19-18(10)20)3-8-4-12-13(24-7-23-12)5-9(8)16(15)17(14)22-2/h3-6H,7H2,1-2H3,(H,19,20). The van der Waals surface area contributed by atoms with Crippen molar-refractivity contribution in [2.45, 2.75) is 0 Å². The Kier molecular flexibility index (Phi) is 2.46. The van der Waals surface area contributed by atoms with E-state index >= 15 is 0 Å². The van der Waals surface area contributed by atoms with Crippen LogP contribution < -0.4 is 24.3 Å². The number of carbonyl (C=O) groups excluding carboxylic acids is 1. The van der Waals surface area contributed by atoms with Gasteiger partial charge in [0.1, 0.15) is 0 Å². The molecule has 0 bridgehead atoms. The second kappa shape index (κ2) is 4.44. The molecule has 0 aliphatic carbocycles. The van der Waals surface area contributed by atoms with Crippen molar-refractivity contribution in [2.75, 3.05) is 26.3 Å². The van der Waals surface area contributed by atoms with E-state index in [0.717, 1.165) is 27.2 Å². The van der Waals surface area contributed by atoms with E-state index in [2.05, 4.69) is 5.32 Å². The van der Waals surface area contributed by atoms with Crippen LogP contribution in [0.1, 0.15) is 10.4 Å². The fourth-order valence-electron chi connectivity index (χ4n) is 3.52. The third-order valence-electron chi connectivity index (χ3n) is 4.55. The first kappa shape index (κ1) is 13.3. The van der Waals surface area contributed by atoms with Gasteiger partial charge in [-0.2, -0.15) is 0 Å². The third-order valence-corrected chi connectivity index (χ3v) is 4.55. The molecule has 0 unspecified atom stereocenters. The molecule has 2 heterocycles. The number of nitrogens with one attached hydrogen (secondary N) is 1. The van der Waals surface area contributed by atoms with E-state index in [4.69, 9.17) is 18.9 Å². The molecule has 3 aromatic carbocycles. The zero-order valence-corrected chi connectivity index (χ0v) is 13.1. The molecule has 1 N–H and O–H groups in total. The van der Waals surface area contributed by atoms with Crippen molar-refractivity contribution in [3.63, 3.8) is 0 Å². The van der Waals surface area contributed by atoms with Crippen molar-refractivity contribution < 1.29 is 23.7 Å². The van der Waals surface area contributed by atoms with Crippen LogP contribution in [0.15, 0.2) is 24.3 Å². The van der Waals surface area contributed by atoms with Crippen molar-refractivity contribution in [2.24, 2.45) is 0 Å². The molecule has 0 saturated carbocycles. The van der Waals surface area contributed by atoms with E-state index < -0.39 is 0 Å². The summed E-state index contributed by atoms with van der Waals surface area (Å²) in [4.78, 5) is 12.3. The Morgan fingerprint density at radius 1 is 1.00 bits per heavy atom. The number of amides is 1. The lowest BCUT2D eigenvalue weighted by Gasteiger charge is -2.14. The van der Waals surface area contributed by atoms with Gasteiger partial charge in [0.25, 0.3) is 5.91 Å². The van der Waals surface area contributed by atoms with Gasteiger partial charge >= 0.3 is 0 Å². The Morgan fingerprint density at radius 3 is 2.54 bits per heavy atom. The molecule has 0 radical (unpaired) electrons. The number of anilines is 1. The fraction of sp³-hybridized carbons (Fsp3) is 0.167. The Balaban J connectivity index is 2.03. The topological polar surface area (TPSA) is 66.0 Å². The molecule has 1 amide bonds. The predicted octanol–water partition coefficient (Wildman–Crippen LogP) is 3.30. The molecule has 0 saturated heterocycles. The van der Waals surface area contributed by atoms with Gasteiger partial charge in [-0.25, -0.2) is 0 Å². The SMILES string of the molecule is COc1cc2c3c(cc4cc5c(cc4c3c1OC)OCO5)NC2=O. The summed E-state index contributed by atoms with van der Waals surface area (Å²) in [6, 6.07) is 7.49. The number of rotatable bonds is 2. The van der Waals surface area contributed by atoms with Crippen molar-refractivity contribution in [3.05, 3.63) is 29.8 Å². The Bertz CT molecular complexity index is 1060. The van der Waals surface area contributed by atoms with Crippen LogP contribution in [-0.2, 0) is 0 Å². The number of methoxy groups -OCH3 is 2. The van der Waals surface area contributed by atoms with Crippen molar-refractivity contribution >= 4 is 33.1 Å². The first-order valence-electron chi connectivity index (χ1n) is 7.47. The molecule has 0 fully saturated rings. The normalized spacial score (nSPS) is 14.3. The van der Waals surface area contributed by atoms with E-state index in [9.17, 15) is 4.79 Å². The summed E-state index contributed by atoms with van der Waals surface area (Å²) < 4.78 is 22.0. The van der Waals surface area contributed by atoms with Crippen LogP contribution in [0.4, 0.5) is 5.69 Å². The molecule has 0 spiro atoms. The summed E-state index contributed by atoms with van der Waals surface area (Å²) in [7, 11) is 3.15. The van der Waals surface area contributed by atoms with Gasteiger partial charge in [-0.15, -0.1) is 0 Å². The molecule has 24 heavy (non-hydrogen) atoms. The number of hydrogen-bond acceptors (Lipinski definition) is 5. The van der Waals surface area contributed by atoms with E-state index in [1.807, 2.05) is 18.2 Å². The Morgan fingerprint density at radius 2 is 1.79 bits per heavy atom. The first-order valence-corrected chi connectivity index (χ1v) is 7.47. The first-order chi connectivity index (χ1) is 11.7. The molecule has 0 atom stereocenters. The highest BCUT2D eigenvalue weighted by Crippen LogP contribution is 2.49. The summed E-state index contributed by atoms with van der Waals surface area (Å²) >= 11 is 0. The minimum absolute atomic E-state index is 0.147. The van der Waals surface area contributed by atoms with E-state index in [1.54, 1.807) is 20.3 Å². The van der Waals surface area contributed by atoms with Gasteiger partial charge in [-0.3, -0.25) is 4.79 Å². The second-order valence-electron chi connectivity index (χ2n) is 5.71. The monoisotopic (exact) mass is 323 g/mol. The fourth-order valence-corrected chi connectivity index (χ4v) is 3.52. The van der Waals surface area contributed by atoms with Gasteiger partial charge in [0, 0.05) is 10.8 Å². The van der Waals surface area contributed by atoms with Gasteiger partial charge in [-0.1, -0.05) is 0 Å². The van der Waals surface area contributed by atoms with Crippen LogP contribution in [0, 0.1) is 0 Å². The second-order valence-corrected chi connectivity index (χ2v) is 5.71. The number of fused-ring (bicyclic) bond motifs is 3. The van der Waals surface area contributed by atoms with Crippen molar-refractivity contribution in [1.82, 2.24) is 0 Å². The lowest BCUT2D eigenvalue weighted by molar-refractivity contribution is 0.103. The quantitative estimate of drug-likeness (QED) is 0.733. The molecule has 5 rings (SSSR count). The average molecular weight is 323 g/mol. The lowest BCUT2D eigenvalue weighted by atomic mass is 9.96. The van der Waals surface area contributed by atoms with Gasteiger partial charge in [0.05, 0.1) is 25.5 Å². The summed E-state index contributed by atoms with van der Waals surface area (Å²) in [6.45, 7) is 0.207. The maximum atomic E-state index is 12.3. The zero-order valence-electron chi connectivity index (χ0n) is 13.1. The molecule has 6 nitrogen and oxygen atoms in total. The molecule has 120 valence electrons. The Hall–Kier alpha value is -3.15. The van der Waals surface area contributed by atoms with Crippen LogP contribution in [0.5, 0.6) is 23.0 Å². The minimum atomic E-state index is -0.147. The largest absolute Gasteiger partial charge is 0.493 e. The van der Waals surface area contributed by atoms with Crippen molar-refractivity contribution in [1.29, 1.82) is 0 Å².